The van der Waals surface area contributed by atoms with Gasteiger partial charge in [-0.05, 0) is 66.5 Å². The molecule has 0 unspecified atom stereocenters. The van der Waals surface area contributed by atoms with Crippen molar-refractivity contribution in [2.45, 2.75) is 53.2 Å². The summed E-state index contributed by atoms with van der Waals surface area (Å²) >= 11 is 1.61. The predicted octanol–water partition coefficient (Wildman–Crippen LogP) is 7.62. The third-order valence-electron chi connectivity index (χ3n) is 7.46. The van der Waals surface area contributed by atoms with Crippen LogP contribution in [0.2, 0.25) is 0 Å². The second-order valence-electron chi connectivity index (χ2n) is 11.1. The molecule has 0 radical (unpaired) electrons. The van der Waals surface area contributed by atoms with Crippen molar-refractivity contribution in [3.8, 4) is 11.8 Å². The van der Waals surface area contributed by atoms with E-state index in [0.29, 0.717) is 40.1 Å². The normalized spacial score (nSPS) is 15.0. The highest BCUT2D eigenvalue weighted by molar-refractivity contribution is 7.16. The number of carbonyl (C=O) groups excluding carboxylic acids is 1. The number of nitrogens with one attached hydrogen (secondary N) is 1. The van der Waals surface area contributed by atoms with E-state index >= 15 is 0 Å². The average Bonchev–Trinajstić information content (AvgIpc) is 3.61. The molecule has 2 aromatic heterocycles. The minimum atomic E-state index is -0.132. The second-order valence-corrected chi connectivity index (χ2v) is 12.2. The highest BCUT2D eigenvalue weighted by Crippen LogP contribution is 2.45. The van der Waals surface area contributed by atoms with Gasteiger partial charge in [0.05, 0.1) is 30.0 Å². The van der Waals surface area contributed by atoms with E-state index in [1.54, 1.807) is 29.9 Å². The summed E-state index contributed by atoms with van der Waals surface area (Å²) in [5.74, 6) is 1.80. The Morgan fingerprint density at radius 1 is 1.18 bits per heavy atom. The third kappa shape index (κ3) is 6.19. The Morgan fingerprint density at radius 2 is 1.98 bits per heavy atom. The van der Waals surface area contributed by atoms with Crippen LogP contribution in [0.3, 0.4) is 0 Å². The molecule has 1 aliphatic rings. The zero-order valence-corrected chi connectivity index (χ0v) is 23.9. The molecular formula is C33H33N3O3S. The number of rotatable bonds is 8. The van der Waals surface area contributed by atoms with Crippen molar-refractivity contribution in [2.75, 3.05) is 0 Å². The molecule has 7 heteroatoms. The summed E-state index contributed by atoms with van der Waals surface area (Å²) in [5.41, 5.74) is 4.21. The Hall–Kier alpha value is -4.15. The second kappa shape index (κ2) is 11.9. The topological polar surface area (TPSA) is 87.6 Å². The lowest BCUT2D eigenvalue weighted by Crippen LogP contribution is -2.28. The molecule has 0 fully saturated rings. The number of ether oxygens (including phenoxy) is 1. The van der Waals surface area contributed by atoms with Gasteiger partial charge >= 0.3 is 0 Å². The van der Waals surface area contributed by atoms with Crippen LogP contribution in [-0.4, -0.2) is 12.1 Å². The van der Waals surface area contributed by atoms with Crippen molar-refractivity contribution in [3.05, 3.63) is 105 Å². The van der Waals surface area contributed by atoms with Crippen LogP contribution in [0.25, 0.3) is 0 Å². The smallest absolute Gasteiger partial charge is 0.255 e. The van der Waals surface area contributed by atoms with Gasteiger partial charge in [-0.3, -0.25) is 4.79 Å². The number of hydrogen-bond donors (Lipinski definition) is 1. The van der Waals surface area contributed by atoms with E-state index < -0.39 is 0 Å². The van der Waals surface area contributed by atoms with Gasteiger partial charge in [-0.1, -0.05) is 51.1 Å². The van der Waals surface area contributed by atoms with Crippen molar-refractivity contribution >= 4 is 28.5 Å². The van der Waals surface area contributed by atoms with Crippen LogP contribution in [0.15, 0.2) is 76.3 Å². The Labute approximate surface area is 239 Å². The molecule has 0 saturated heterocycles. The summed E-state index contributed by atoms with van der Waals surface area (Å²) in [5, 5.41) is 13.1. The van der Waals surface area contributed by atoms with Gasteiger partial charge in [-0.25, -0.2) is 4.99 Å². The number of thiophene rings is 1. The fourth-order valence-electron chi connectivity index (χ4n) is 5.06. The van der Waals surface area contributed by atoms with Crippen LogP contribution in [0, 0.1) is 22.7 Å². The summed E-state index contributed by atoms with van der Waals surface area (Å²) in [7, 11) is 0. The lowest BCUT2D eigenvalue weighted by atomic mass is 9.72. The van der Waals surface area contributed by atoms with Gasteiger partial charge in [0.2, 0.25) is 0 Å². The predicted molar refractivity (Wildman–Crippen MR) is 158 cm³/mol. The van der Waals surface area contributed by atoms with Crippen LogP contribution >= 0.6 is 11.3 Å². The molecule has 0 bridgehead atoms. The first-order valence-corrected chi connectivity index (χ1v) is 14.3. The highest BCUT2D eigenvalue weighted by Gasteiger charge is 2.33. The molecule has 0 saturated carbocycles. The van der Waals surface area contributed by atoms with E-state index in [1.165, 1.54) is 4.88 Å². The molecule has 0 aliphatic heterocycles. The summed E-state index contributed by atoms with van der Waals surface area (Å²) in [4.78, 5) is 19.6. The number of para-hydroxylation sites is 1. The van der Waals surface area contributed by atoms with Gasteiger partial charge in [0.1, 0.15) is 23.1 Å². The number of fused-ring (bicyclic) bond motifs is 1. The first-order chi connectivity index (χ1) is 19.3. The maximum absolute atomic E-state index is 13.5. The monoisotopic (exact) mass is 551 g/mol. The molecule has 1 atom stereocenters. The molecule has 1 N–H and O–H groups in total. The van der Waals surface area contributed by atoms with E-state index in [-0.39, 0.29) is 17.9 Å². The first-order valence-electron chi connectivity index (χ1n) is 13.5. The fraction of sp³-hybridized carbons (Fsp3) is 0.303. The van der Waals surface area contributed by atoms with Crippen LogP contribution in [0.1, 0.15) is 70.4 Å². The van der Waals surface area contributed by atoms with E-state index in [0.717, 1.165) is 36.0 Å². The number of benzene rings is 2. The molecule has 5 rings (SSSR count). The van der Waals surface area contributed by atoms with Gasteiger partial charge in [0.15, 0.2) is 0 Å². The molecule has 4 aromatic rings. The molecule has 0 spiro atoms. The number of carbonyl (C=O) groups is 1. The molecule has 1 amide bonds. The zero-order valence-electron chi connectivity index (χ0n) is 23.1. The lowest BCUT2D eigenvalue weighted by molar-refractivity contribution is 0.0947. The number of furan rings is 1. The maximum Gasteiger partial charge on any atom is 0.255 e. The Balaban J connectivity index is 1.42. The van der Waals surface area contributed by atoms with Gasteiger partial charge < -0.3 is 14.5 Å². The van der Waals surface area contributed by atoms with Crippen molar-refractivity contribution in [3.63, 3.8) is 0 Å². The van der Waals surface area contributed by atoms with Crippen molar-refractivity contribution in [1.29, 1.82) is 5.26 Å². The summed E-state index contributed by atoms with van der Waals surface area (Å²) in [6.45, 7) is 7.47. The van der Waals surface area contributed by atoms with Crippen molar-refractivity contribution in [1.82, 2.24) is 5.32 Å². The quantitative estimate of drug-likeness (QED) is 0.228. The Kier molecular flexibility index (Phi) is 8.18. The van der Waals surface area contributed by atoms with Crippen molar-refractivity contribution in [2.24, 2.45) is 16.3 Å². The molecular weight excluding hydrogens is 518 g/mol. The van der Waals surface area contributed by atoms with E-state index in [4.69, 9.17) is 14.1 Å². The largest absolute Gasteiger partial charge is 0.488 e. The zero-order chi connectivity index (χ0) is 28.1. The first kappa shape index (κ1) is 27.4. The van der Waals surface area contributed by atoms with E-state index in [2.05, 4.69) is 32.2 Å². The molecule has 204 valence electrons. The molecule has 40 heavy (non-hydrogen) atoms. The molecule has 2 heterocycles. The number of hydrogen-bond acceptors (Lipinski definition) is 6. The molecule has 2 aromatic carbocycles. The lowest BCUT2D eigenvalue weighted by Gasteiger charge is -2.33. The van der Waals surface area contributed by atoms with Crippen LogP contribution in [0.5, 0.6) is 5.75 Å². The Morgan fingerprint density at radius 3 is 2.75 bits per heavy atom. The number of aliphatic imine (C=N–C) groups is 1. The van der Waals surface area contributed by atoms with Gasteiger partial charge in [-0.15, -0.1) is 11.3 Å². The van der Waals surface area contributed by atoms with Crippen molar-refractivity contribution < 1.29 is 13.9 Å². The Bertz CT molecular complexity index is 1550. The summed E-state index contributed by atoms with van der Waals surface area (Å²) < 4.78 is 11.5. The fourth-order valence-corrected chi connectivity index (χ4v) is 6.33. The summed E-state index contributed by atoms with van der Waals surface area (Å²) in [6.07, 6.45) is 6.25. The molecule has 1 aliphatic carbocycles. The standard InChI is InChI=1S/C33H33N3O3S/c1-33(2,3)25-14-15-27-29(17-25)40-32(30(27)31(37)35-20-26-12-8-16-38-26)36-19-23-10-6-7-13-28(23)39-21-24-11-5-4-9-22(24)18-34/h4-13,16,19,25H,14-15,17,20-21H2,1-3H3,(H,35,37)/t25-/m1/s1. The number of amides is 1. The van der Waals surface area contributed by atoms with Crippen LogP contribution < -0.4 is 10.1 Å². The third-order valence-corrected chi connectivity index (χ3v) is 8.63. The molecule has 6 nitrogen and oxygen atoms in total. The van der Waals surface area contributed by atoms with Crippen LogP contribution in [0.4, 0.5) is 5.00 Å². The minimum absolute atomic E-state index is 0.132. The van der Waals surface area contributed by atoms with Gasteiger partial charge in [-0.2, -0.15) is 5.26 Å². The SMILES string of the molecule is CC(C)(C)[C@@H]1CCc2c(sc(N=Cc3ccccc3OCc3ccccc3C#N)c2C(=O)NCc2ccco2)C1. The van der Waals surface area contributed by atoms with E-state index in [1.807, 2.05) is 54.6 Å². The summed E-state index contributed by atoms with van der Waals surface area (Å²) in [6, 6.07) is 21.0. The number of nitriles is 1. The van der Waals surface area contributed by atoms with Crippen LogP contribution in [-0.2, 0) is 26.0 Å². The van der Waals surface area contributed by atoms with E-state index in [9.17, 15) is 10.1 Å². The average molecular weight is 552 g/mol. The van der Waals surface area contributed by atoms with Gasteiger partial charge in [0.25, 0.3) is 5.91 Å². The maximum atomic E-state index is 13.5. The van der Waals surface area contributed by atoms with Gasteiger partial charge in [0, 0.05) is 22.2 Å². The minimum Gasteiger partial charge on any atom is -0.488 e. The number of nitrogens with zero attached hydrogens (tertiary/aromatic N) is 2. The highest BCUT2D eigenvalue weighted by atomic mass is 32.1.